The zero-order valence-electron chi connectivity index (χ0n) is 15.1. The third-order valence-corrected chi connectivity index (χ3v) is 4.31. The Balaban J connectivity index is 0.000000478. The van der Waals surface area contributed by atoms with E-state index in [1.165, 1.54) is 12.1 Å². The molecule has 0 aliphatic rings. The van der Waals surface area contributed by atoms with Crippen LogP contribution in [0.4, 0.5) is 4.39 Å². The second-order valence-electron chi connectivity index (χ2n) is 4.99. The molecule has 0 amide bonds. The molecular weight excluding hydrogens is 387 g/mol. The van der Waals surface area contributed by atoms with Gasteiger partial charge in [-0.3, -0.25) is 9.20 Å². The molecule has 0 spiro atoms. The van der Waals surface area contributed by atoms with Crippen molar-refractivity contribution in [3.8, 4) is 22.0 Å². The van der Waals surface area contributed by atoms with Crippen molar-refractivity contribution in [1.82, 2.24) is 19.4 Å². The maximum atomic E-state index is 13.2. The van der Waals surface area contributed by atoms with Gasteiger partial charge < -0.3 is 0 Å². The Morgan fingerprint density at radius 3 is 2.44 bits per heavy atom. The molecule has 0 unspecified atom stereocenters. The summed E-state index contributed by atoms with van der Waals surface area (Å²) in [6.45, 7) is 5.96. The van der Waals surface area contributed by atoms with E-state index in [1.807, 2.05) is 42.8 Å². The molecule has 4 aromatic rings. The molecule has 4 rings (SSSR count). The number of thiazole rings is 1. The van der Waals surface area contributed by atoms with Crippen LogP contribution in [-0.2, 0) is 4.79 Å². The number of hydrogen-bond donors (Lipinski definition) is 0. The second kappa shape index (κ2) is 9.89. The van der Waals surface area contributed by atoms with Gasteiger partial charge in [0, 0.05) is 29.0 Å². The standard InChI is InChI=1S/C16H11FN4S.C2H6.CHClO/c1-10-9-22-15(19-10)14-13(11-3-5-12(17)6-4-11)20-16-18-7-2-8-21(14)16;1-2;2-1-3/h2-9H,1H3;1-2H3;1H. The lowest BCUT2D eigenvalue weighted by molar-refractivity contribution is 0.569. The third-order valence-electron chi connectivity index (χ3n) is 3.34. The van der Waals surface area contributed by atoms with Crippen LogP contribution in [0, 0.1) is 12.7 Å². The summed E-state index contributed by atoms with van der Waals surface area (Å²) < 4.78 is 15.1. The Bertz CT molecular complexity index is 1010. The topological polar surface area (TPSA) is 60.1 Å². The molecule has 0 atom stereocenters. The zero-order chi connectivity index (χ0) is 19.8. The Morgan fingerprint density at radius 1 is 1.19 bits per heavy atom. The number of fused-ring (bicyclic) bond motifs is 1. The van der Waals surface area contributed by atoms with Crippen molar-refractivity contribution in [2.75, 3.05) is 0 Å². The Kier molecular flexibility index (Phi) is 7.57. The van der Waals surface area contributed by atoms with Crippen molar-refractivity contribution in [3.63, 3.8) is 0 Å². The van der Waals surface area contributed by atoms with E-state index in [-0.39, 0.29) is 11.6 Å². The monoisotopic (exact) mass is 404 g/mol. The number of nitrogens with zero attached hydrogens (tertiary/aromatic N) is 4. The summed E-state index contributed by atoms with van der Waals surface area (Å²) in [5.74, 6) is 0.557. The van der Waals surface area contributed by atoms with E-state index >= 15 is 0 Å². The molecule has 0 aliphatic carbocycles. The van der Waals surface area contributed by atoms with E-state index in [0.29, 0.717) is 5.78 Å². The highest BCUT2D eigenvalue weighted by Gasteiger charge is 2.18. The van der Waals surface area contributed by atoms with Gasteiger partial charge in [0.2, 0.25) is 11.5 Å². The average Bonchev–Trinajstić information content (AvgIpc) is 3.28. The number of aryl methyl sites for hydroxylation is 1. The maximum Gasteiger partial charge on any atom is 0.234 e. The van der Waals surface area contributed by atoms with E-state index in [2.05, 4.69) is 26.6 Å². The van der Waals surface area contributed by atoms with Crippen LogP contribution in [0.5, 0.6) is 0 Å². The van der Waals surface area contributed by atoms with E-state index < -0.39 is 0 Å². The van der Waals surface area contributed by atoms with Crippen LogP contribution >= 0.6 is 22.9 Å². The minimum absolute atomic E-state index is 0.222. The van der Waals surface area contributed by atoms with Crippen molar-refractivity contribution < 1.29 is 9.18 Å². The summed E-state index contributed by atoms with van der Waals surface area (Å²) in [6, 6.07) is 8.17. The van der Waals surface area contributed by atoms with Crippen molar-refractivity contribution in [3.05, 3.63) is 59.6 Å². The number of aromatic nitrogens is 4. The molecular formula is C19H18ClFN4OS. The smallest absolute Gasteiger partial charge is 0.234 e. The molecule has 0 saturated heterocycles. The Labute approximate surface area is 165 Å². The second-order valence-corrected chi connectivity index (χ2v) is 6.03. The fraction of sp³-hybridized carbons (Fsp3) is 0.158. The summed E-state index contributed by atoms with van der Waals surface area (Å²) in [6.07, 6.45) is 3.61. The average molecular weight is 405 g/mol. The number of benzene rings is 1. The first-order valence-corrected chi connectivity index (χ1v) is 9.51. The third kappa shape index (κ3) is 4.75. The molecule has 140 valence electrons. The summed E-state index contributed by atoms with van der Waals surface area (Å²) in [5, 5.41) is 2.87. The van der Waals surface area contributed by atoms with Gasteiger partial charge in [0.1, 0.15) is 22.2 Å². The van der Waals surface area contributed by atoms with Crippen LogP contribution in [0.1, 0.15) is 19.5 Å². The molecule has 8 heteroatoms. The van der Waals surface area contributed by atoms with Gasteiger partial charge in [-0.2, -0.15) is 0 Å². The summed E-state index contributed by atoms with van der Waals surface area (Å²) in [4.78, 5) is 22.0. The lowest BCUT2D eigenvalue weighted by atomic mass is 10.1. The first-order valence-electron chi connectivity index (χ1n) is 8.19. The minimum Gasteiger partial charge on any atom is -0.285 e. The maximum absolute atomic E-state index is 13.2. The lowest BCUT2D eigenvalue weighted by Gasteiger charge is -2.02. The summed E-state index contributed by atoms with van der Waals surface area (Å²) in [7, 11) is 0. The van der Waals surface area contributed by atoms with Gasteiger partial charge in [-0.05, 0) is 48.9 Å². The molecule has 3 heterocycles. The van der Waals surface area contributed by atoms with Gasteiger partial charge in [0.15, 0.2) is 0 Å². The molecule has 3 aromatic heterocycles. The van der Waals surface area contributed by atoms with E-state index in [1.54, 1.807) is 29.7 Å². The molecule has 0 aliphatic heterocycles. The van der Waals surface area contributed by atoms with Crippen LogP contribution in [0.3, 0.4) is 0 Å². The number of carbonyl (C=O) groups excluding carboxylic acids is 1. The van der Waals surface area contributed by atoms with Gasteiger partial charge in [-0.25, -0.2) is 19.3 Å². The quantitative estimate of drug-likeness (QED) is 0.331. The van der Waals surface area contributed by atoms with Crippen LogP contribution in [0.2, 0.25) is 0 Å². The predicted octanol–water partition coefficient (Wildman–Crippen LogP) is 5.41. The van der Waals surface area contributed by atoms with Crippen LogP contribution in [0.15, 0.2) is 48.1 Å². The predicted molar refractivity (Wildman–Crippen MR) is 108 cm³/mol. The molecule has 0 fully saturated rings. The Hall–Kier alpha value is -2.64. The molecule has 0 saturated carbocycles. The molecule has 0 radical (unpaired) electrons. The number of imidazole rings is 1. The fourth-order valence-corrected chi connectivity index (χ4v) is 3.20. The van der Waals surface area contributed by atoms with Crippen LogP contribution in [-0.4, -0.2) is 25.1 Å². The van der Waals surface area contributed by atoms with E-state index in [0.717, 1.165) is 27.7 Å². The molecule has 1 aromatic carbocycles. The molecule has 5 nitrogen and oxygen atoms in total. The highest BCUT2D eigenvalue weighted by molar-refractivity contribution is 7.13. The molecule has 27 heavy (non-hydrogen) atoms. The van der Waals surface area contributed by atoms with Crippen LogP contribution < -0.4 is 0 Å². The first kappa shape index (κ1) is 20.7. The fourth-order valence-electron chi connectivity index (χ4n) is 2.36. The van der Waals surface area contributed by atoms with Crippen molar-refractivity contribution in [2.45, 2.75) is 20.8 Å². The highest BCUT2D eigenvalue weighted by atomic mass is 35.5. The van der Waals surface area contributed by atoms with E-state index in [9.17, 15) is 4.39 Å². The Morgan fingerprint density at radius 2 is 1.85 bits per heavy atom. The largest absolute Gasteiger partial charge is 0.285 e. The number of carbonyl (C=O) groups is 1. The van der Waals surface area contributed by atoms with Crippen molar-refractivity contribution in [2.24, 2.45) is 0 Å². The highest BCUT2D eigenvalue weighted by Crippen LogP contribution is 2.33. The first-order chi connectivity index (χ1) is 13.1. The van der Waals surface area contributed by atoms with Gasteiger partial charge in [-0.1, -0.05) is 13.8 Å². The number of rotatable bonds is 2. The number of halogens is 2. The van der Waals surface area contributed by atoms with Crippen molar-refractivity contribution >= 4 is 34.5 Å². The summed E-state index contributed by atoms with van der Waals surface area (Å²) in [5.41, 5.74) is 3.44. The van der Waals surface area contributed by atoms with Crippen molar-refractivity contribution in [1.29, 1.82) is 0 Å². The molecule has 0 N–H and O–H groups in total. The minimum atomic E-state index is -0.266. The van der Waals surface area contributed by atoms with Gasteiger partial charge in [-0.15, -0.1) is 11.3 Å². The normalized spacial score (nSPS) is 9.81. The molecule has 0 bridgehead atoms. The van der Waals surface area contributed by atoms with Gasteiger partial charge in [0.05, 0.1) is 0 Å². The van der Waals surface area contributed by atoms with Gasteiger partial charge >= 0.3 is 0 Å². The van der Waals surface area contributed by atoms with E-state index in [4.69, 9.17) is 4.79 Å². The summed E-state index contributed by atoms with van der Waals surface area (Å²) >= 11 is 5.88. The van der Waals surface area contributed by atoms with Gasteiger partial charge in [0.25, 0.3) is 0 Å². The SMILES string of the molecule is CC.Cc1csc(-c2c(-c3ccc(F)cc3)nc3ncccn23)n1.O=CCl. The number of hydrogen-bond acceptors (Lipinski definition) is 5. The zero-order valence-corrected chi connectivity index (χ0v) is 16.6. The lowest BCUT2D eigenvalue weighted by Crippen LogP contribution is -1.90. The van der Waals surface area contributed by atoms with Crippen LogP contribution in [0.25, 0.3) is 27.7 Å².